The normalized spacial score (nSPS) is 26.8. The molecular weight excluding hydrogens is 334 g/mol. The molecule has 1 saturated heterocycles. The third kappa shape index (κ3) is 4.67. The average molecular weight is 370 g/mol. The van der Waals surface area contributed by atoms with Crippen LogP contribution in [0.15, 0.2) is 18.2 Å². The molecule has 1 amide bonds. The third-order valence-corrected chi connectivity index (χ3v) is 7.01. The van der Waals surface area contributed by atoms with Gasteiger partial charge < -0.3 is 9.64 Å². The SMILES string of the molecule is Cc1cc(C2CCN(C(=O)C3CC3)CC2)ccc1OCC1CCC(C)CC1. The minimum atomic E-state index is 0.354. The van der Waals surface area contributed by atoms with Crippen LogP contribution in [0.3, 0.4) is 0 Å². The number of carbonyl (C=O) groups excluding carboxylic acids is 1. The van der Waals surface area contributed by atoms with Crippen molar-refractivity contribution in [2.24, 2.45) is 17.8 Å². The van der Waals surface area contributed by atoms with E-state index in [9.17, 15) is 4.79 Å². The number of hydrogen-bond acceptors (Lipinski definition) is 2. The van der Waals surface area contributed by atoms with Crippen LogP contribution in [0.4, 0.5) is 0 Å². The molecule has 3 aliphatic rings. The number of benzene rings is 1. The van der Waals surface area contributed by atoms with Gasteiger partial charge in [0.05, 0.1) is 6.61 Å². The number of nitrogens with zero attached hydrogens (tertiary/aromatic N) is 1. The minimum Gasteiger partial charge on any atom is -0.493 e. The van der Waals surface area contributed by atoms with Gasteiger partial charge in [-0.2, -0.15) is 0 Å². The zero-order valence-electron chi connectivity index (χ0n) is 17.1. The first kappa shape index (κ1) is 18.8. The quantitative estimate of drug-likeness (QED) is 0.703. The lowest BCUT2D eigenvalue weighted by Gasteiger charge is -2.32. The van der Waals surface area contributed by atoms with E-state index in [1.165, 1.54) is 36.8 Å². The van der Waals surface area contributed by atoms with E-state index >= 15 is 0 Å². The van der Waals surface area contributed by atoms with Crippen molar-refractivity contribution in [1.82, 2.24) is 4.90 Å². The van der Waals surface area contributed by atoms with E-state index in [0.717, 1.165) is 63.0 Å². The van der Waals surface area contributed by atoms with Gasteiger partial charge in [0.25, 0.3) is 0 Å². The number of carbonyl (C=O) groups is 1. The van der Waals surface area contributed by atoms with Crippen molar-refractivity contribution >= 4 is 5.91 Å². The van der Waals surface area contributed by atoms with Gasteiger partial charge in [-0.25, -0.2) is 0 Å². The summed E-state index contributed by atoms with van der Waals surface area (Å²) in [6.07, 6.45) is 9.75. The van der Waals surface area contributed by atoms with Crippen LogP contribution < -0.4 is 4.74 Å². The summed E-state index contributed by atoms with van der Waals surface area (Å²) in [5.74, 6) is 4.03. The Balaban J connectivity index is 1.28. The molecule has 3 nitrogen and oxygen atoms in total. The summed E-state index contributed by atoms with van der Waals surface area (Å²) in [5, 5.41) is 0. The van der Waals surface area contributed by atoms with Crippen LogP contribution in [-0.2, 0) is 4.79 Å². The Morgan fingerprint density at radius 3 is 2.37 bits per heavy atom. The number of hydrogen-bond donors (Lipinski definition) is 0. The van der Waals surface area contributed by atoms with Gasteiger partial charge in [0, 0.05) is 19.0 Å². The first-order valence-electron chi connectivity index (χ1n) is 11.1. The molecule has 1 aliphatic heterocycles. The van der Waals surface area contributed by atoms with E-state index in [1.54, 1.807) is 0 Å². The van der Waals surface area contributed by atoms with E-state index < -0.39 is 0 Å². The van der Waals surface area contributed by atoms with Crippen LogP contribution in [0.1, 0.15) is 75.3 Å². The van der Waals surface area contributed by atoms with Gasteiger partial charge in [0.2, 0.25) is 5.91 Å². The Hall–Kier alpha value is -1.51. The number of likely N-dealkylation sites (tertiary alicyclic amines) is 1. The highest BCUT2D eigenvalue weighted by atomic mass is 16.5. The van der Waals surface area contributed by atoms with Crippen LogP contribution in [0, 0.1) is 24.7 Å². The predicted octanol–water partition coefficient (Wildman–Crippen LogP) is 5.32. The topological polar surface area (TPSA) is 29.5 Å². The highest BCUT2D eigenvalue weighted by molar-refractivity contribution is 5.81. The van der Waals surface area contributed by atoms with Crippen molar-refractivity contribution in [3.63, 3.8) is 0 Å². The molecule has 0 spiro atoms. The van der Waals surface area contributed by atoms with Gasteiger partial charge in [-0.05, 0) is 80.4 Å². The number of ether oxygens (including phenoxy) is 1. The van der Waals surface area contributed by atoms with Gasteiger partial charge >= 0.3 is 0 Å². The number of amides is 1. The van der Waals surface area contributed by atoms with E-state index in [1.807, 2.05) is 0 Å². The molecule has 1 aromatic carbocycles. The summed E-state index contributed by atoms with van der Waals surface area (Å²) in [7, 11) is 0. The fourth-order valence-electron chi connectivity index (χ4n) is 4.81. The predicted molar refractivity (Wildman–Crippen MR) is 109 cm³/mol. The maximum Gasteiger partial charge on any atom is 0.225 e. The molecule has 1 heterocycles. The lowest BCUT2D eigenvalue weighted by Crippen LogP contribution is -2.38. The highest BCUT2D eigenvalue weighted by Crippen LogP contribution is 2.35. The van der Waals surface area contributed by atoms with Crippen LogP contribution >= 0.6 is 0 Å². The Bertz CT molecular complexity index is 650. The second-order valence-corrected chi connectivity index (χ2v) is 9.34. The molecule has 4 rings (SSSR count). The van der Waals surface area contributed by atoms with E-state index in [2.05, 4.69) is 36.9 Å². The number of piperidine rings is 1. The zero-order chi connectivity index (χ0) is 18.8. The van der Waals surface area contributed by atoms with E-state index in [-0.39, 0.29) is 0 Å². The van der Waals surface area contributed by atoms with Gasteiger partial charge in [0.15, 0.2) is 0 Å². The molecule has 0 unspecified atom stereocenters. The molecule has 3 heteroatoms. The Kier molecular flexibility index (Phi) is 5.75. The highest BCUT2D eigenvalue weighted by Gasteiger charge is 2.35. The number of rotatable bonds is 5. The van der Waals surface area contributed by atoms with Crippen molar-refractivity contribution < 1.29 is 9.53 Å². The third-order valence-electron chi connectivity index (χ3n) is 7.01. The maximum absolute atomic E-state index is 12.2. The molecule has 1 aromatic rings. The molecular formula is C24H35NO2. The second kappa shape index (κ2) is 8.24. The molecule has 0 radical (unpaired) electrons. The van der Waals surface area contributed by atoms with Crippen molar-refractivity contribution in [2.75, 3.05) is 19.7 Å². The fourth-order valence-corrected chi connectivity index (χ4v) is 4.81. The summed E-state index contributed by atoms with van der Waals surface area (Å²) in [4.78, 5) is 14.3. The smallest absolute Gasteiger partial charge is 0.225 e. The van der Waals surface area contributed by atoms with Gasteiger partial charge in [-0.15, -0.1) is 0 Å². The fraction of sp³-hybridized carbons (Fsp3) is 0.708. The number of aryl methyl sites for hydroxylation is 1. The molecule has 3 fully saturated rings. The van der Waals surface area contributed by atoms with E-state index in [4.69, 9.17) is 4.74 Å². The van der Waals surface area contributed by atoms with Gasteiger partial charge in [-0.1, -0.05) is 31.9 Å². The van der Waals surface area contributed by atoms with Crippen molar-refractivity contribution in [3.05, 3.63) is 29.3 Å². The average Bonchev–Trinajstić information content (AvgIpc) is 3.53. The van der Waals surface area contributed by atoms with E-state index in [0.29, 0.717) is 17.7 Å². The summed E-state index contributed by atoms with van der Waals surface area (Å²) < 4.78 is 6.18. The first-order valence-corrected chi connectivity index (χ1v) is 11.1. The standard InChI is InChI=1S/C24H35NO2/c1-17-3-5-19(6-4-17)16-27-23-10-9-22(15-18(23)2)20-11-13-25(14-12-20)24(26)21-7-8-21/h9-10,15,17,19-21H,3-8,11-14,16H2,1-2H3. The summed E-state index contributed by atoms with van der Waals surface area (Å²) in [5.41, 5.74) is 2.68. The summed E-state index contributed by atoms with van der Waals surface area (Å²) in [6.45, 7) is 7.27. The largest absolute Gasteiger partial charge is 0.493 e. The van der Waals surface area contributed by atoms with Crippen LogP contribution in [-0.4, -0.2) is 30.5 Å². The van der Waals surface area contributed by atoms with Crippen molar-refractivity contribution in [3.8, 4) is 5.75 Å². The Morgan fingerprint density at radius 1 is 1.04 bits per heavy atom. The molecule has 0 N–H and O–H groups in total. The minimum absolute atomic E-state index is 0.354. The Morgan fingerprint density at radius 2 is 1.74 bits per heavy atom. The molecule has 2 saturated carbocycles. The first-order chi connectivity index (χ1) is 13.1. The molecule has 0 atom stereocenters. The zero-order valence-corrected chi connectivity index (χ0v) is 17.1. The molecule has 148 valence electrons. The molecule has 0 aromatic heterocycles. The van der Waals surface area contributed by atoms with Crippen molar-refractivity contribution in [2.45, 2.75) is 71.1 Å². The van der Waals surface area contributed by atoms with Gasteiger partial charge in [-0.3, -0.25) is 4.79 Å². The van der Waals surface area contributed by atoms with Crippen LogP contribution in [0.2, 0.25) is 0 Å². The Labute approximate surface area is 164 Å². The lowest BCUT2D eigenvalue weighted by molar-refractivity contribution is -0.133. The van der Waals surface area contributed by atoms with Crippen LogP contribution in [0.25, 0.3) is 0 Å². The monoisotopic (exact) mass is 369 g/mol. The van der Waals surface area contributed by atoms with Crippen molar-refractivity contribution in [1.29, 1.82) is 0 Å². The summed E-state index contributed by atoms with van der Waals surface area (Å²) in [6, 6.07) is 6.76. The second-order valence-electron chi connectivity index (χ2n) is 9.34. The lowest BCUT2D eigenvalue weighted by atomic mass is 9.83. The molecule has 0 bridgehead atoms. The molecule has 2 aliphatic carbocycles. The summed E-state index contributed by atoms with van der Waals surface area (Å²) >= 11 is 0. The maximum atomic E-state index is 12.2. The van der Waals surface area contributed by atoms with Crippen LogP contribution in [0.5, 0.6) is 5.75 Å². The molecule has 27 heavy (non-hydrogen) atoms. The van der Waals surface area contributed by atoms with Gasteiger partial charge in [0.1, 0.15) is 5.75 Å².